The van der Waals surface area contributed by atoms with Crippen molar-refractivity contribution >= 4 is 22.6 Å². The number of H-pyrrole nitrogens is 1. The van der Waals surface area contributed by atoms with Crippen LogP contribution in [-0.2, 0) is 11.4 Å². The van der Waals surface area contributed by atoms with Crippen LogP contribution in [0.15, 0.2) is 36.4 Å². The number of phenols is 1. The third-order valence-electron chi connectivity index (χ3n) is 7.51. The van der Waals surface area contributed by atoms with Crippen molar-refractivity contribution in [3.63, 3.8) is 0 Å². The Morgan fingerprint density at radius 1 is 0.974 bits per heavy atom. The van der Waals surface area contributed by atoms with Crippen LogP contribution in [0, 0.1) is 18.8 Å². The molecule has 2 aromatic carbocycles. The number of carbonyl (C=O) groups is 2. The summed E-state index contributed by atoms with van der Waals surface area (Å²) >= 11 is 5.22. The van der Waals surface area contributed by atoms with Gasteiger partial charge in [0.15, 0.2) is 5.78 Å². The normalized spacial score (nSPS) is 15.7. The van der Waals surface area contributed by atoms with Gasteiger partial charge in [-0.15, -0.1) is 10.2 Å². The molecule has 8 nitrogen and oxygen atoms in total. The van der Waals surface area contributed by atoms with Crippen LogP contribution in [0.4, 0.5) is 0 Å². The zero-order valence-corrected chi connectivity index (χ0v) is 22.5. The van der Waals surface area contributed by atoms with Gasteiger partial charge in [0.25, 0.3) is 0 Å². The van der Waals surface area contributed by atoms with Gasteiger partial charge in [-0.1, -0.05) is 62.8 Å². The molecule has 0 aliphatic heterocycles. The van der Waals surface area contributed by atoms with Crippen LogP contribution in [0.3, 0.4) is 0 Å². The first-order chi connectivity index (χ1) is 18.4. The summed E-state index contributed by atoms with van der Waals surface area (Å²) in [6, 6.07) is 11.1. The van der Waals surface area contributed by atoms with E-state index in [0.29, 0.717) is 54.0 Å². The number of aromatic hydroxyl groups is 1. The monoisotopic (exact) mass is 538 g/mol. The summed E-state index contributed by atoms with van der Waals surface area (Å²) in [4.78, 5) is 22.9. The Morgan fingerprint density at radius 3 is 2.18 bits per heavy atom. The Bertz CT molecular complexity index is 1200. The number of Topliss-reactive ketones (excluding diaryl/α,β-unsaturated/α-hetero) is 1. The van der Waals surface area contributed by atoms with Gasteiger partial charge in [0.05, 0.1) is 5.56 Å². The Kier molecular flexibility index (Phi) is 9.87. The van der Waals surface area contributed by atoms with E-state index >= 15 is 0 Å². The summed E-state index contributed by atoms with van der Waals surface area (Å²) in [5, 5.41) is 24.3. The third kappa shape index (κ3) is 7.63. The maximum absolute atomic E-state index is 12.6. The van der Waals surface area contributed by atoms with Crippen LogP contribution >= 0.6 is 11.6 Å². The number of aromatic amines is 1. The van der Waals surface area contributed by atoms with Gasteiger partial charge >= 0.3 is 0 Å². The van der Waals surface area contributed by atoms with Gasteiger partial charge in [-0.05, 0) is 66.1 Å². The average molecular weight is 539 g/mol. The molecule has 38 heavy (non-hydrogen) atoms. The Labute approximate surface area is 228 Å². The van der Waals surface area contributed by atoms with Crippen LogP contribution in [0.25, 0.3) is 11.4 Å². The van der Waals surface area contributed by atoms with E-state index in [1.54, 1.807) is 19.1 Å². The molecule has 2 saturated carbocycles. The molecule has 0 amide bonds. The molecule has 3 aromatic rings. The predicted octanol–water partition coefficient (Wildman–Crippen LogP) is 6.55. The predicted molar refractivity (Wildman–Crippen MR) is 145 cm³/mol. The van der Waals surface area contributed by atoms with Crippen molar-refractivity contribution in [2.45, 2.75) is 77.7 Å². The van der Waals surface area contributed by atoms with E-state index in [-0.39, 0.29) is 16.8 Å². The minimum atomic E-state index is -0.165. The lowest BCUT2D eigenvalue weighted by molar-refractivity contribution is -0.112. The first-order valence-electron chi connectivity index (χ1n) is 13.4. The number of hydrogen-bond acceptors (Lipinski definition) is 7. The molecule has 5 rings (SSSR count). The maximum atomic E-state index is 12.6. The molecule has 1 aromatic heterocycles. The molecule has 0 radical (unpaired) electrons. The SMILES string of the molecule is Cc1c(OCc2ccc(-c3nn[nH]n3)cc2)ccc(C(=O)CC2CCCC2)c1O.O=C(Cl)CC1CCCC1. The van der Waals surface area contributed by atoms with Crippen molar-refractivity contribution in [2.24, 2.45) is 11.8 Å². The van der Waals surface area contributed by atoms with Crippen molar-refractivity contribution in [3.05, 3.63) is 53.1 Å². The van der Waals surface area contributed by atoms with Crippen molar-refractivity contribution in [1.82, 2.24) is 20.6 Å². The number of aromatic nitrogens is 4. The first-order valence-corrected chi connectivity index (χ1v) is 13.8. The summed E-state index contributed by atoms with van der Waals surface area (Å²) in [5.41, 5.74) is 2.82. The van der Waals surface area contributed by atoms with Crippen molar-refractivity contribution in [3.8, 4) is 22.9 Å². The van der Waals surface area contributed by atoms with Gasteiger partial charge in [-0.2, -0.15) is 5.21 Å². The lowest BCUT2D eigenvalue weighted by atomic mass is 9.95. The van der Waals surface area contributed by atoms with Gasteiger partial charge in [0.2, 0.25) is 11.1 Å². The fourth-order valence-corrected chi connectivity index (χ4v) is 5.50. The van der Waals surface area contributed by atoms with E-state index in [2.05, 4.69) is 20.6 Å². The fraction of sp³-hybridized carbons (Fsp3) is 0.483. The quantitative estimate of drug-likeness (QED) is 0.234. The number of nitrogens with one attached hydrogen (secondary N) is 1. The second kappa shape index (κ2) is 13.5. The molecule has 0 bridgehead atoms. The number of hydrogen-bond donors (Lipinski definition) is 2. The number of tetrazole rings is 1. The molecule has 2 aliphatic rings. The van der Waals surface area contributed by atoms with Crippen LogP contribution in [0.5, 0.6) is 11.5 Å². The lowest BCUT2D eigenvalue weighted by Crippen LogP contribution is -2.07. The van der Waals surface area contributed by atoms with Crippen LogP contribution < -0.4 is 4.74 Å². The lowest BCUT2D eigenvalue weighted by Gasteiger charge is -2.14. The fourth-order valence-electron chi connectivity index (χ4n) is 5.29. The summed E-state index contributed by atoms with van der Waals surface area (Å²) in [6.45, 7) is 2.12. The van der Waals surface area contributed by atoms with Gasteiger partial charge < -0.3 is 9.84 Å². The molecule has 2 aliphatic carbocycles. The summed E-state index contributed by atoms with van der Waals surface area (Å²) in [6.07, 6.45) is 10.7. The highest BCUT2D eigenvalue weighted by Gasteiger charge is 2.22. The number of rotatable bonds is 9. The third-order valence-corrected chi connectivity index (χ3v) is 7.66. The molecule has 0 atom stereocenters. The molecule has 0 saturated heterocycles. The molecule has 2 N–H and O–H groups in total. The van der Waals surface area contributed by atoms with E-state index in [4.69, 9.17) is 16.3 Å². The largest absolute Gasteiger partial charge is 0.507 e. The van der Waals surface area contributed by atoms with Crippen molar-refractivity contribution in [2.75, 3.05) is 0 Å². The van der Waals surface area contributed by atoms with Gasteiger partial charge in [0, 0.05) is 24.0 Å². The summed E-state index contributed by atoms with van der Waals surface area (Å²) < 4.78 is 5.88. The number of benzene rings is 2. The zero-order chi connectivity index (χ0) is 26.9. The van der Waals surface area contributed by atoms with Crippen LogP contribution in [-0.4, -0.2) is 36.8 Å². The highest BCUT2D eigenvalue weighted by Crippen LogP contribution is 2.34. The van der Waals surface area contributed by atoms with E-state index < -0.39 is 0 Å². The van der Waals surface area contributed by atoms with E-state index in [1.165, 1.54) is 38.5 Å². The first kappa shape index (κ1) is 27.8. The molecule has 0 unspecified atom stereocenters. The number of ether oxygens (including phenoxy) is 1. The Morgan fingerprint density at radius 2 is 1.61 bits per heavy atom. The Hall–Kier alpha value is -3.26. The van der Waals surface area contributed by atoms with Gasteiger partial charge in [-0.25, -0.2) is 0 Å². The molecule has 202 valence electrons. The smallest absolute Gasteiger partial charge is 0.221 e. The Balaban J connectivity index is 0.000000317. The van der Waals surface area contributed by atoms with E-state index in [1.807, 2.05) is 24.3 Å². The highest BCUT2D eigenvalue weighted by atomic mass is 35.5. The second-order valence-corrected chi connectivity index (χ2v) is 10.7. The van der Waals surface area contributed by atoms with Gasteiger partial charge in [-0.3, -0.25) is 9.59 Å². The molecular weight excluding hydrogens is 504 g/mol. The van der Waals surface area contributed by atoms with Gasteiger partial charge in [0.1, 0.15) is 18.1 Å². The topological polar surface area (TPSA) is 118 Å². The molecule has 1 heterocycles. The minimum absolute atomic E-state index is 0.0149. The van der Waals surface area contributed by atoms with Crippen molar-refractivity contribution in [1.29, 1.82) is 0 Å². The number of halogens is 1. The highest BCUT2D eigenvalue weighted by molar-refractivity contribution is 6.63. The summed E-state index contributed by atoms with van der Waals surface area (Å²) in [7, 11) is 0. The zero-order valence-electron chi connectivity index (χ0n) is 21.8. The number of carbonyl (C=O) groups excluding carboxylic acids is 2. The standard InChI is InChI=1S/C22H24N4O3.C7H11ClO/c1-14-20(11-10-18(21(14)28)19(27)12-15-4-2-3-5-15)29-13-16-6-8-17(9-7-16)22-23-25-26-24-22;8-7(9)5-6-3-1-2-4-6/h6-11,15,28H,2-5,12-13H2,1H3,(H,23,24,25,26);6H,1-5H2. The van der Waals surface area contributed by atoms with Crippen LogP contribution in [0.1, 0.15) is 85.7 Å². The second-order valence-electron chi connectivity index (χ2n) is 10.3. The molecular formula is C29H35ClN4O4. The number of phenolic OH excluding ortho intramolecular Hbond substituents is 1. The van der Waals surface area contributed by atoms with Crippen LogP contribution in [0.2, 0.25) is 0 Å². The van der Waals surface area contributed by atoms with Crippen molar-refractivity contribution < 1.29 is 19.4 Å². The molecule has 9 heteroatoms. The molecule has 0 spiro atoms. The van der Waals surface area contributed by atoms with E-state index in [9.17, 15) is 14.7 Å². The maximum Gasteiger partial charge on any atom is 0.221 e. The minimum Gasteiger partial charge on any atom is -0.507 e. The number of nitrogens with zero attached hydrogens (tertiary/aromatic N) is 3. The molecule has 2 fully saturated rings. The van der Waals surface area contributed by atoms with E-state index in [0.717, 1.165) is 24.0 Å². The number of ketones is 1. The average Bonchev–Trinajstić information content (AvgIpc) is 3.70. The summed E-state index contributed by atoms with van der Waals surface area (Å²) in [5.74, 6) is 2.21.